The predicted molar refractivity (Wildman–Crippen MR) is 153 cm³/mol. The average Bonchev–Trinajstić information content (AvgIpc) is 3.31. The summed E-state index contributed by atoms with van der Waals surface area (Å²) >= 11 is 0. The molecule has 0 unspecified atom stereocenters. The van der Waals surface area contributed by atoms with Crippen molar-refractivity contribution in [2.45, 2.75) is 12.3 Å². The number of amides is 1. The van der Waals surface area contributed by atoms with Gasteiger partial charge in [-0.15, -0.1) is 0 Å². The molecule has 214 valence electrons. The Bertz CT molecular complexity index is 1100. The van der Waals surface area contributed by atoms with Crippen molar-refractivity contribution in [2.24, 2.45) is 0 Å². The molecule has 1 aliphatic carbocycles. The number of hydrogen-bond acceptors (Lipinski definition) is 7. The normalized spacial score (nSPS) is 12.1. The second-order valence-corrected chi connectivity index (χ2v) is 9.22. The molecule has 0 spiro atoms. The van der Waals surface area contributed by atoms with Gasteiger partial charge in [0.05, 0.1) is 46.2 Å². The predicted octanol–water partition coefficient (Wildman–Crippen LogP) is 5.06. The van der Waals surface area contributed by atoms with Crippen LogP contribution < -0.4 is 10.1 Å². The Morgan fingerprint density at radius 2 is 1.10 bits per heavy atom. The van der Waals surface area contributed by atoms with Crippen molar-refractivity contribution >= 4 is 6.09 Å². The fraction of sp³-hybridized carbons (Fsp3) is 0.406. The number of ether oxygens (including phenoxy) is 6. The van der Waals surface area contributed by atoms with Crippen LogP contribution in [0.5, 0.6) is 5.75 Å². The standard InChI is InChI=1S/C32H39NO7/c34-32(40-25-31-29-13-6-4-11-27(29)28-12-5-7-14-30(28)31)33-15-8-16-35-17-18-36-19-20-37-21-22-38-23-24-39-26-9-2-1-3-10-26/h1-7,9-14,31H,8,15-25H2,(H,33,34). The molecular weight excluding hydrogens is 510 g/mol. The van der Waals surface area contributed by atoms with Crippen LogP contribution in [-0.4, -0.2) is 78.7 Å². The first-order valence-electron chi connectivity index (χ1n) is 13.9. The molecule has 40 heavy (non-hydrogen) atoms. The van der Waals surface area contributed by atoms with Gasteiger partial charge in [-0.3, -0.25) is 0 Å². The highest BCUT2D eigenvalue weighted by molar-refractivity contribution is 5.79. The van der Waals surface area contributed by atoms with Gasteiger partial charge in [0.25, 0.3) is 0 Å². The second kappa shape index (κ2) is 17.3. The highest BCUT2D eigenvalue weighted by Crippen LogP contribution is 2.44. The maximum Gasteiger partial charge on any atom is 0.407 e. The van der Waals surface area contributed by atoms with E-state index in [0.717, 1.165) is 5.75 Å². The molecule has 1 amide bonds. The number of nitrogens with one attached hydrogen (secondary N) is 1. The number of alkyl carbamates (subject to hydrolysis) is 1. The third kappa shape index (κ3) is 9.64. The highest BCUT2D eigenvalue weighted by atomic mass is 16.6. The molecular formula is C32H39NO7. The summed E-state index contributed by atoms with van der Waals surface area (Å²) in [5.41, 5.74) is 4.83. The van der Waals surface area contributed by atoms with Gasteiger partial charge in [-0.1, -0.05) is 66.7 Å². The quantitative estimate of drug-likeness (QED) is 0.209. The summed E-state index contributed by atoms with van der Waals surface area (Å²) in [6, 6.07) is 26.3. The molecule has 0 bridgehead atoms. The van der Waals surface area contributed by atoms with Crippen molar-refractivity contribution < 1.29 is 33.2 Å². The molecule has 0 aliphatic heterocycles. The summed E-state index contributed by atoms with van der Waals surface area (Å²) in [5, 5.41) is 2.80. The van der Waals surface area contributed by atoms with Gasteiger partial charge in [-0.2, -0.15) is 0 Å². The Morgan fingerprint density at radius 3 is 1.70 bits per heavy atom. The second-order valence-electron chi connectivity index (χ2n) is 9.22. The van der Waals surface area contributed by atoms with E-state index >= 15 is 0 Å². The molecule has 1 N–H and O–H groups in total. The van der Waals surface area contributed by atoms with Gasteiger partial charge in [0.1, 0.15) is 19.0 Å². The first kappa shape index (κ1) is 29.6. The molecule has 0 saturated heterocycles. The summed E-state index contributed by atoms with van der Waals surface area (Å²) in [5.74, 6) is 0.902. The number of fused-ring (bicyclic) bond motifs is 3. The first-order valence-corrected chi connectivity index (χ1v) is 13.9. The third-order valence-electron chi connectivity index (χ3n) is 6.43. The van der Waals surface area contributed by atoms with Crippen molar-refractivity contribution in [1.82, 2.24) is 5.32 Å². The van der Waals surface area contributed by atoms with E-state index in [-0.39, 0.29) is 5.92 Å². The molecule has 1 aliphatic rings. The number of carbonyl (C=O) groups excluding carboxylic acids is 1. The summed E-state index contributed by atoms with van der Waals surface area (Å²) < 4.78 is 33.1. The zero-order valence-electron chi connectivity index (χ0n) is 22.9. The average molecular weight is 550 g/mol. The maximum atomic E-state index is 12.2. The lowest BCUT2D eigenvalue weighted by Gasteiger charge is -2.14. The van der Waals surface area contributed by atoms with Gasteiger partial charge in [-0.05, 0) is 40.8 Å². The number of benzene rings is 3. The van der Waals surface area contributed by atoms with Crippen LogP contribution in [0, 0.1) is 0 Å². The van der Waals surface area contributed by atoms with Crippen molar-refractivity contribution in [3.05, 3.63) is 90.0 Å². The zero-order chi connectivity index (χ0) is 27.7. The lowest BCUT2D eigenvalue weighted by molar-refractivity contribution is -0.00472. The van der Waals surface area contributed by atoms with Crippen LogP contribution >= 0.6 is 0 Å². The molecule has 8 nitrogen and oxygen atoms in total. The van der Waals surface area contributed by atoms with E-state index in [1.807, 2.05) is 54.6 Å². The molecule has 0 fully saturated rings. The van der Waals surface area contributed by atoms with Gasteiger partial charge in [0.15, 0.2) is 0 Å². The number of carbonyl (C=O) groups is 1. The Labute approximate surface area is 236 Å². The van der Waals surface area contributed by atoms with Crippen LogP contribution in [0.3, 0.4) is 0 Å². The largest absolute Gasteiger partial charge is 0.491 e. The van der Waals surface area contributed by atoms with Gasteiger partial charge >= 0.3 is 6.09 Å². The van der Waals surface area contributed by atoms with Gasteiger partial charge in [-0.25, -0.2) is 4.79 Å². The molecule has 3 aromatic rings. The van der Waals surface area contributed by atoms with E-state index in [2.05, 4.69) is 29.6 Å². The van der Waals surface area contributed by atoms with Crippen molar-refractivity contribution in [1.29, 1.82) is 0 Å². The van der Waals surface area contributed by atoms with E-state index < -0.39 is 6.09 Å². The summed E-state index contributed by atoms with van der Waals surface area (Å²) in [6.07, 6.45) is 0.292. The summed E-state index contributed by atoms with van der Waals surface area (Å²) in [6.45, 7) is 5.41. The van der Waals surface area contributed by atoms with Crippen LogP contribution in [0.15, 0.2) is 78.9 Å². The fourth-order valence-electron chi connectivity index (χ4n) is 4.51. The van der Waals surface area contributed by atoms with Gasteiger partial charge in [0, 0.05) is 19.1 Å². The van der Waals surface area contributed by atoms with E-state index in [4.69, 9.17) is 28.4 Å². The number of rotatable bonds is 19. The summed E-state index contributed by atoms with van der Waals surface area (Å²) in [7, 11) is 0. The molecule has 0 aromatic heterocycles. The minimum absolute atomic E-state index is 0.0606. The smallest absolute Gasteiger partial charge is 0.407 e. The zero-order valence-corrected chi connectivity index (χ0v) is 22.9. The highest BCUT2D eigenvalue weighted by Gasteiger charge is 2.28. The van der Waals surface area contributed by atoms with Crippen molar-refractivity contribution in [2.75, 3.05) is 72.6 Å². The van der Waals surface area contributed by atoms with Gasteiger partial charge in [0.2, 0.25) is 0 Å². The Kier molecular flexibility index (Phi) is 12.8. The Balaban J connectivity index is 0.918. The Morgan fingerprint density at radius 1 is 0.600 bits per heavy atom. The maximum absolute atomic E-state index is 12.2. The van der Waals surface area contributed by atoms with Gasteiger partial charge < -0.3 is 33.7 Å². The van der Waals surface area contributed by atoms with Crippen LogP contribution in [0.2, 0.25) is 0 Å². The van der Waals surface area contributed by atoms with Crippen LogP contribution in [-0.2, 0) is 23.7 Å². The summed E-state index contributed by atoms with van der Waals surface area (Å²) in [4.78, 5) is 12.2. The third-order valence-corrected chi connectivity index (χ3v) is 6.43. The van der Waals surface area contributed by atoms with E-state index in [1.165, 1.54) is 22.3 Å². The molecule has 3 aromatic carbocycles. The molecule has 0 radical (unpaired) electrons. The molecule has 4 rings (SSSR count). The number of hydrogen-bond donors (Lipinski definition) is 1. The lowest BCUT2D eigenvalue weighted by Crippen LogP contribution is -2.27. The Hall–Kier alpha value is -3.43. The minimum Gasteiger partial charge on any atom is -0.491 e. The molecule has 0 heterocycles. The first-order chi connectivity index (χ1) is 19.8. The van der Waals surface area contributed by atoms with E-state index in [0.29, 0.717) is 79.0 Å². The molecule has 8 heteroatoms. The van der Waals surface area contributed by atoms with Crippen molar-refractivity contribution in [3.63, 3.8) is 0 Å². The van der Waals surface area contributed by atoms with Crippen LogP contribution in [0.4, 0.5) is 4.79 Å². The molecule has 0 atom stereocenters. The lowest BCUT2D eigenvalue weighted by atomic mass is 9.98. The van der Waals surface area contributed by atoms with Crippen molar-refractivity contribution in [3.8, 4) is 16.9 Å². The topological polar surface area (TPSA) is 84.5 Å². The van der Waals surface area contributed by atoms with Crippen LogP contribution in [0.1, 0.15) is 23.5 Å². The minimum atomic E-state index is -0.406. The number of para-hydroxylation sites is 1. The van der Waals surface area contributed by atoms with E-state index in [9.17, 15) is 4.79 Å². The molecule has 0 saturated carbocycles. The van der Waals surface area contributed by atoms with E-state index in [1.54, 1.807) is 0 Å². The SMILES string of the molecule is O=C(NCCCOCCOCCOCCOCCOc1ccccc1)OCC1c2ccccc2-c2ccccc21. The fourth-order valence-corrected chi connectivity index (χ4v) is 4.51. The van der Waals surface area contributed by atoms with Crippen LogP contribution in [0.25, 0.3) is 11.1 Å². The monoisotopic (exact) mass is 549 g/mol.